The first kappa shape index (κ1) is 29.0. The minimum absolute atomic E-state index is 0.0727. The van der Waals surface area contributed by atoms with Crippen LogP contribution in [0.1, 0.15) is 63.0 Å². The van der Waals surface area contributed by atoms with Gasteiger partial charge in [0, 0.05) is 48.5 Å². The number of likely N-dealkylation sites (tertiary alicyclic amines) is 1. The number of hydrogen-bond donors (Lipinski definition) is 1. The summed E-state index contributed by atoms with van der Waals surface area (Å²) in [6, 6.07) is 7.04. The fourth-order valence-corrected chi connectivity index (χ4v) is 5.97. The molecule has 43 heavy (non-hydrogen) atoms. The molecule has 7 nitrogen and oxygen atoms in total. The van der Waals surface area contributed by atoms with Crippen molar-refractivity contribution in [3.8, 4) is 16.9 Å². The minimum Gasteiger partial charge on any atom is -0.389 e. The molecule has 4 heterocycles. The molecule has 1 saturated heterocycles. The number of rotatable bonds is 6. The Balaban J connectivity index is 1.38. The normalized spacial score (nSPS) is 18.2. The molecule has 1 saturated carbocycles. The van der Waals surface area contributed by atoms with Gasteiger partial charge in [0.05, 0.1) is 17.4 Å². The quantitative estimate of drug-likeness (QED) is 0.275. The number of benzene rings is 1. The summed E-state index contributed by atoms with van der Waals surface area (Å²) in [5.74, 6) is -2.94. The van der Waals surface area contributed by atoms with E-state index < -0.39 is 41.3 Å². The first-order valence-electron chi connectivity index (χ1n) is 13.5. The molecule has 1 aromatic carbocycles. The van der Waals surface area contributed by atoms with Crippen LogP contribution in [0.4, 0.5) is 17.6 Å². The number of carbonyl (C=O) groups is 1. The maximum Gasteiger partial charge on any atom is 0.274 e. The molecule has 6 rings (SSSR count). The largest absolute Gasteiger partial charge is 0.389 e. The third-order valence-electron chi connectivity index (χ3n) is 8.05. The predicted octanol–water partition coefficient (Wildman–Crippen LogP) is 5.87. The summed E-state index contributed by atoms with van der Waals surface area (Å²) >= 11 is 6.56. The topological polar surface area (TPSA) is 88.3 Å². The molecule has 2 atom stereocenters. The molecule has 222 valence electrons. The number of aliphatic hydroxyl groups excluding tert-OH is 1. The molecular formula is C31H25ClF4N4O3. The average molecular weight is 613 g/mol. The Hall–Kier alpha value is -4.09. The van der Waals surface area contributed by atoms with E-state index in [1.165, 1.54) is 41.6 Å². The van der Waals surface area contributed by atoms with Gasteiger partial charge in [0.1, 0.15) is 16.5 Å². The molecule has 1 aliphatic heterocycles. The van der Waals surface area contributed by atoms with E-state index in [0.29, 0.717) is 23.2 Å². The molecule has 0 radical (unpaired) electrons. The fraction of sp³-hybridized carbons (Fsp3) is 0.290. The number of amides is 1. The highest BCUT2D eigenvalue weighted by Gasteiger charge is 2.42. The van der Waals surface area contributed by atoms with Crippen molar-refractivity contribution >= 4 is 17.5 Å². The van der Waals surface area contributed by atoms with Crippen molar-refractivity contribution < 1.29 is 27.5 Å². The lowest BCUT2D eigenvalue weighted by Gasteiger charge is -2.36. The van der Waals surface area contributed by atoms with Crippen LogP contribution in [0.25, 0.3) is 16.9 Å². The lowest BCUT2D eigenvalue weighted by atomic mass is 10.0. The van der Waals surface area contributed by atoms with Crippen molar-refractivity contribution in [2.45, 2.75) is 44.6 Å². The van der Waals surface area contributed by atoms with Crippen molar-refractivity contribution in [3.63, 3.8) is 0 Å². The third kappa shape index (κ3) is 5.00. The Morgan fingerprint density at radius 1 is 1.07 bits per heavy atom. The van der Waals surface area contributed by atoms with Crippen LogP contribution >= 0.6 is 11.6 Å². The number of alkyl halides is 2. The molecule has 3 aromatic heterocycles. The van der Waals surface area contributed by atoms with Gasteiger partial charge in [0.2, 0.25) is 0 Å². The lowest BCUT2D eigenvalue weighted by molar-refractivity contribution is 0.00559. The van der Waals surface area contributed by atoms with E-state index in [0.717, 1.165) is 10.8 Å². The molecule has 12 heteroatoms. The monoisotopic (exact) mass is 612 g/mol. The maximum absolute atomic E-state index is 16.2. The van der Waals surface area contributed by atoms with Crippen LogP contribution in [0.2, 0.25) is 5.02 Å². The van der Waals surface area contributed by atoms with E-state index in [9.17, 15) is 23.5 Å². The van der Waals surface area contributed by atoms with E-state index in [-0.39, 0.29) is 57.9 Å². The number of aromatic nitrogens is 3. The summed E-state index contributed by atoms with van der Waals surface area (Å²) < 4.78 is 59.3. The first-order chi connectivity index (χ1) is 20.5. The van der Waals surface area contributed by atoms with Crippen LogP contribution in [0, 0.1) is 25.5 Å². The Morgan fingerprint density at radius 2 is 1.81 bits per heavy atom. The van der Waals surface area contributed by atoms with Gasteiger partial charge in [-0.15, -0.1) is 0 Å². The average Bonchev–Trinajstić information content (AvgIpc) is 3.76. The van der Waals surface area contributed by atoms with Gasteiger partial charge < -0.3 is 10.0 Å². The van der Waals surface area contributed by atoms with E-state index in [2.05, 4.69) is 9.97 Å². The van der Waals surface area contributed by atoms with Crippen molar-refractivity contribution in [2.24, 2.45) is 0 Å². The van der Waals surface area contributed by atoms with Crippen molar-refractivity contribution in [1.82, 2.24) is 19.4 Å². The molecule has 1 amide bonds. The Bertz CT molecular complexity index is 1840. The summed E-state index contributed by atoms with van der Waals surface area (Å²) in [4.78, 5) is 35.7. The molecular weight excluding hydrogens is 588 g/mol. The van der Waals surface area contributed by atoms with Gasteiger partial charge >= 0.3 is 0 Å². The smallest absolute Gasteiger partial charge is 0.274 e. The summed E-state index contributed by atoms with van der Waals surface area (Å²) in [6.45, 7) is 3.30. The molecule has 1 aliphatic carbocycles. The zero-order valence-corrected chi connectivity index (χ0v) is 23.7. The zero-order valence-electron chi connectivity index (χ0n) is 23.0. The summed E-state index contributed by atoms with van der Waals surface area (Å²) in [7, 11) is 0. The second kappa shape index (κ2) is 10.9. The summed E-state index contributed by atoms with van der Waals surface area (Å²) in [5, 5.41) is 9.38. The molecule has 0 spiro atoms. The molecule has 2 fully saturated rings. The number of halogens is 5. The van der Waals surface area contributed by atoms with Crippen molar-refractivity contribution in [3.05, 3.63) is 109 Å². The Labute approximate surface area is 248 Å². The number of aryl methyl sites for hydroxylation is 2. The molecule has 1 N–H and O–H groups in total. The van der Waals surface area contributed by atoms with Gasteiger partial charge in [0.15, 0.2) is 5.82 Å². The summed E-state index contributed by atoms with van der Waals surface area (Å²) in [5.41, 5.74) is -0.205. The fourth-order valence-electron chi connectivity index (χ4n) is 5.69. The molecule has 1 unspecified atom stereocenters. The number of hydrogen-bond acceptors (Lipinski definition) is 5. The minimum atomic E-state index is -2.66. The second-order valence-electron chi connectivity index (χ2n) is 11.0. The van der Waals surface area contributed by atoms with E-state index >= 15 is 8.78 Å². The number of β-amino-alcohol motifs (C(OH)–C–C–N with tert-alkyl or cyclic N) is 1. The van der Waals surface area contributed by atoms with Crippen LogP contribution < -0.4 is 5.56 Å². The SMILES string of the molecule is Cc1cnc(-c2cccc(C(=O)N3CC(O)C3)c2F)c(F)c1-n1c(C)cc([C@@H]2CC2c2cncc(C(F)F)c2)c(Cl)c1=O. The Kier molecular flexibility index (Phi) is 7.34. The van der Waals surface area contributed by atoms with Crippen molar-refractivity contribution in [2.75, 3.05) is 13.1 Å². The molecule has 0 bridgehead atoms. The van der Waals surface area contributed by atoms with Gasteiger partial charge in [-0.3, -0.25) is 24.1 Å². The van der Waals surface area contributed by atoms with Crippen LogP contribution in [0.5, 0.6) is 0 Å². The molecule has 2 aliphatic rings. The number of carbonyl (C=O) groups excluding carboxylic acids is 1. The van der Waals surface area contributed by atoms with Gasteiger partial charge in [-0.1, -0.05) is 17.7 Å². The molecule has 4 aromatic rings. The second-order valence-corrected chi connectivity index (χ2v) is 11.4. The van der Waals surface area contributed by atoms with E-state index in [1.807, 2.05) is 0 Å². The number of pyridine rings is 3. The van der Waals surface area contributed by atoms with Gasteiger partial charge in [-0.05, 0) is 73.1 Å². The number of nitrogens with zero attached hydrogens (tertiary/aromatic N) is 4. The van der Waals surface area contributed by atoms with Gasteiger partial charge in [-0.25, -0.2) is 17.6 Å². The maximum atomic E-state index is 16.2. The van der Waals surface area contributed by atoms with Crippen LogP contribution in [-0.4, -0.2) is 49.6 Å². The van der Waals surface area contributed by atoms with Crippen LogP contribution in [0.15, 0.2) is 53.7 Å². The predicted molar refractivity (Wildman–Crippen MR) is 151 cm³/mol. The van der Waals surface area contributed by atoms with Crippen LogP contribution in [-0.2, 0) is 0 Å². The first-order valence-corrected chi connectivity index (χ1v) is 13.9. The Morgan fingerprint density at radius 3 is 2.51 bits per heavy atom. The summed E-state index contributed by atoms with van der Waals surface area (Å²) in [6.07, 6.45) is 1.18. The highest BCUT2D eigenvalue weighted by atomic mass is 35.5. The van der Waals surface area contributed by atoms with Crippen LogP contribution in [0.3, 0.4) is 0 Å². The third-order valence-corrected chi connectivity index (χ3v) is 8.43. The standard InChI is InChI=1S/C31H25ClF4N4O3/c1-14-9-38-27(19-4-3-5-20(25(19)33)30(42)39-12-18(41)13-39)26(34)28(14)40-15(2)6-23(24(32)31(40)43)22-8-21(22)16-7-17(29(35)36)11-37-10-16/h3-7,9-11,18,21-22,29,41H,8,12-13H2,1-2H3/t21?,22-/m1/s1. The number of aliphatic hydroxyl groups is 1. The lowest BCUT2D eigenvalue weighted by Crippen LogP contribution is -2.53. The van der Waals surface area contributed by atoms with Gasteiger partial charge in [-0.2, -0.15) is 0 Å². The van der Waals surface area contributed by atoms with E-state index in [4.69, 9.17) is 11.6 Å². The highest BCUT2D eigenvalue weighted by molar-refractivity contribution is 6.31. The highest BCUT2D eigenvalue weighted by Crippen LogP contribution is 2.56. The zero-order chi connectivity index (χ0) is 30.7. The van der Waals surface area contributed by atoms with Gasteiger partial charge in [0.25, 0.3) is 17.9 Å². The van der Waals surface area contributed by atoms with E-state index in [1.54, 1.807) is 19.9 Å². The van der Waals surface area contributed by atoms with Crippen molar-refractivity contribution in [1.29, 1.82) is 0 Å².